The molecule has 0 bridgehead atoms. The van der Waals surface area contributed by atoms with Crippen LogP contribution in [0.25, 0.3) is 10.2 Å². The molecule has 0 spiro atoms. The van der Waals surface area contributed by atoms with Gasteiger partial charge in [-0.1, -0.05) is 5.16 Å². The zero-order chi connectivity index (χ0) is 17.4. The van der Waals surface area contributed by atoms with Crippen molar-refractivity contribution in [2.75, 3.05) is 6.61 Å². The van der Waals surface area contributed by atoms with Crippen molar-refractivity contribution in [2.24, 2.45) is 5.16 Å². The van der Waals surface area contributed by atoms with E-state index in [1.54, 1.807) is 4.57 Å². The van der Waals surface area contributed by atoms with Gasteiger partial charge in [0, 0.05) is 12.6 Å². The Morgan fingerprint density at radius 1 is 1.46 bits per heavy atom. The van der Waals surface area contributed by atoms with Crippen LogP contribution in [-0.4, -0.2) is 33.3 Å². The van der Waals surface area contributed by atoms with E-state index in [1.807, 2.05) is 20.8 Å². The van der Waals surface area contributed by atoms with Gasteiger partial charge in [-0.3, -0.25) is 13.9 Å². The molecule has 3 heterocycles. The third kappa shape index (κ3) is 2.69. The van der Waals surface area contributed by atoms with Gasteiger partial charge in [-0.05, 0) is 39.2 Å². The number of fused-ring (bicyclic) bond motifs is 1. The smallest absolute Gasteiger partial charge is 0.332 e. The first-order valence-electron chi connectivity index (χ1n) is 8.03. The number of oxime groups is 1. The van der Waals surface area contributed by atoms with Gasteiger partial charge >= 0.3 is 5.69 Å². The molecule has 130 valence electrons. The van der Waals surface area contributed by atoms with E-state index < -0.39 is 0 Å². The molecule has 3 rings (SSSR count). The molecule has 7 nitrogen and oxygen atoms in total. The maximum absolute atomic E-state index is 12.9. The first-order chi connectivity index (χ1) is 11.5. The number of ether oxygens (including phenoxy) is 1. The Kier molecular flexibility index (Phi) is 4.60. The predicted molar refractivity (Wildman–Crippen MR) is 93.8 cm³/mol. The molecular weight excluding hydrogens is 330 g/mol. The molecule has 1 atom stereocenters. The summed E-state index contributed by atoms with van der Waals surface area (Å²) < 4.78 is 8.59. The number of hydrogen-bond donors (Lipinski definition) is 1. The summed E-state index contributed by atoms with van der Waals surface area (Å²) in [4.78, 5) is 27.0. The predicted octanol–water partition coefficient (Wildman–Crippen LogP) is 2.10. The normalized spacial score (nSPS) is 18.4. The van der Waals surface area contributed by atoms with Crippen LogP contribution in [0.1, 0.15) is 43.2 Å². The van der Waals surface area contributed by atoms with E-state index in [0.29, 0.717) is 28.2 Å². The zero-order valence-corrected chi connectivity index (χ0v) is 14.8. The van der Waals surface area contributed by atoms with E-state index >= 15 is 0 Å². The van der Waals surface area contributed by atoms with Crippen LogP contribution in [0.3, 0.4) is 0 Å². The lowest BCUT2D eigenvalue weighted by atomic mass is 10.2. The average molecular weight is 351 g/mol. The van der Waals surface area contributed by atoms with Crippen molar-refractivity contribution in [1.29, 1.82) is 0 Å². The fourth-order valence-corrected chi connectivity index (χ4v) is 4.33. The Bertz CT molecular complexity index is 901. The highest BCUT2D eigenvalue weighted by Gasteiger charge is 2.24. The number of aromatic nitrogens is 2. The Hall–Kier alpha value is -1.93. The maximum Gasteiger partial charge on any atom is 0.332 e. The molecule has 0 radical (unpaired) electrons. The summed E-state index contributed by atoms with van der Waals surface area (Å²) in [5.41, 5.74) is 0.125. The number of aryl methyl sites for hydroxylation is 1. The van der Waals surface area contributed by atoms with Crippen molar-refractivity contribution < 1.29 is 9.94 Å². The molecule has 2 aromatic rings. The standard InChI is InChI=1S/C16H21N3O4S/c1-9(2)19-14(20)13-10(3)12(7-17-22)24-15(13)18(16(19)21)8-11-5-4-6-23-11/h7,9,11,22H,4-6,8H2,1-3H3/b17-7+. The van der Waals surface area contributed by atoms with Crippen molar-refractivity contribution in [3.8, 4) is 0 Å². The van der Waals surface area contributed by atoms with E-state index in [9.17, 15) is 9.59 Å². The molecule has 1 aliphatic rings. The molecule has 2 aromatic heterocycles. The van der Waals surface area contributed by atoms with Crippen LogP contribution in [0.15, 0.2) is 14.7 Å². The van der Waals surface area contributed by atoms with Crippen LogP contribution in [0.5, 0.6) is 0 Å². The van der Waals surface area contributed by atoms with E-state index in [-0.39, 0.29) is 23.4 Å². The average Bonchev–Trinajstić information content (AvgIpc) is 3.13. The second-order valence-corrected chi connectivity index (χ2v) is 7.34. The lowest BCUT2D eigenvalue weighted by molar-refractivity contribution is 0.0965. The highest BCUT2D eigenvalue weighted by Crippen LogP contribution is 2.27. The number of rotatable bonds is 4. The molecule has 1 aliphatic heterocycles. The van der Waals surface area contributed by atoms with Crippen molar-refractivity contribution in [3.63, 3.8) is 0 Å². The Morgan fingerprint density at radius 3 is 2.79 bits per heavy atom. The summed E-state index contributed by atoms with van der Waals surface area (Å²) in [6.07, 6.45) is 3.18. The maximum atomic E-state index is 12.9. The monoisotopic (exact) mass is 351 g/mol. The van der Waals surface area contributed by atoms with Crippen LogP contribution >= 0.6 is 11.3 Å². The molecule has 0 amide bonds. The van der Waals surface area contributed by atoms with Crippen molar-refractivity contribution in [3.05, 3.63) is 31.3 Å². The Morgan fingerprint density at radius 2 is 2.21 bits per heavy atom. The molecule has 1 unspecified atom stereocenters. The lowest BCUT2D eigenvalue weighted by Gasteiger charge is -2.17. The second kappa shape index (κ2) is 6.52. The summed E-state index contributed by atoms with van der Waals surface area (Å²) in [7, 11) is 0. The van der Waals surface area contributed by atoms with Gasteiger partial charge in [0.25, 0.3) is 5.56 Å². The first-order valence-corrected chi connectivity index (χ1v) is 8.84. The number of hydrogen-bond acceptors (Lipinski definition) is 6. The lowest BCUT2D eigenvalue weighted by Crippen LogP contribution is -2.42. The highest BCUT2D eigenvalue weighted by molar-refractivity contribution is 7.20. The van der Waals surface area contributed by atoms with Crippen molar-refractivity contribution >= 4 is 27.8 Å². The summed E-state index contributed by atoms with van der Waals surface area (Å²) in [5.74, 6) is 0. The second-order valence-electron chi connectivity index (χ2n) is 6.31. The fourth-order valence-electron chi connectivity index (χ4n) is 3.17. The van der Waals surface area contributed by atoms with Gasteiger partial charge in [-0.25, -0.2) is 4.79 Å². The summed E-state index contributed by atoms with van der Waals surface area (Å²) in [6.45, 7) is 6.59. The molecule has 0 aliphatic carbocycles. The quantitative estimate of drug-likeness (QED) is 0.519. The molecule has 1 N–H and O–H groups in total. The van der Waals surface area contributed by atoms with E-state index in [4.69, 9.17) is 9.94 Å². The molecular formula is C16H21N3O4S. The minimum absolute atomic E-state index is 0.0126. The van der Waals surface area contributed by atoms with Crippen molar-refractivity contribution in [2.45, 2.75) is 52.3 Å². The molecule has 24 heavy (non-hydrogen) atoms. The zero-order valence-electron chi connectivity index (χ0n) is 14.0. The van der Waals surface area contributed by atoms with E-state index in [1.165, 1.54) is 22.1 Å². The number of thiophene rings is 1. The molecule has 0 saturated carbocycles. The summed E-state index contributed by atoms with van der Waals surface area (Å²) in [6, 6.07) is -0.237. The van der Waals surface area contributed by atoms with E-state index in [0.717, 1.165) is 18.4 Å². The number of nitrogens with zero attached hydrogens (tertiary/aromatic N) is 3. The van der Waals surface area contributed by atoms with Crippen LogP contribution in [0.2, 0.25) is 0 Å². The SMILES string of the molecule is Cc1c(/C=N/O)sc2c1c(=O)n(C(C)C)c(=O)n2CC1CCCO1. The molecule has 0 aromatic carbocycles. The van der Waals surface area contributed by atoms with E-state index in [2.05, 4.69) is 5.16 Å². The van der Waals surface area contributed by atoms with Crippen LogP contribution in [-0.2, 0) is 11.3 Å². The van der Waals surface area contributed by atoms with Crippen LogP contribution in [0.4, 0.5) is 0 Å². The largest absolute Gasteiger partial charge is 0.411 e. The van der Waals surface area contributed by atoms with Gasteiger partial charge < -0.3 is 9.94 Å². The van der Waals surface area contributed by atoms with Crippen LogP contribution < -0.4 is 11.2 Å². The summed E-state index contributed by atoms with van der Waals surface area (Å²) >= 11 is 1.29. The third-order valence-corrected chi connectivity index (χ3v) is 5.63. The van der Waals surface area contributed by atoms with Gasteiger partial charge in [0.1, 0.15) is 4.83 Å². The van der Waals surface area contributed by atoms with Crippen LogP contribution in [0, 0.1) is 6.92 Å². The summed E-state index contributed by atoms with van der Waals surface area (Å²) in [5, 5.41) is 12.4. The fraction of sp³-hybridized carbons (Fsp3) is 0.562. The first kappa shape index (κ1) is 16.9. The topological polar surface area (TPSA) is 85.8 Å². The van der Waals surface area contributed by atoms with Gasteiger partial charge in [0.15, 0.2) is 0 Å². The Labute approximate surface area is 142 Å². The third-order valence-electron chi connectivity index (χ3n) is 4.38. The van der Waals surface area contributed by atoms with Gasteiger partial charge in [-0.2, -0.15) is 0 Å². The minimum atomic E-state index is -0.313. The van der Waals surface area contributed by atoms with Crippen molar-refractivity contribution in [1.82, 2.24) is 9.13 Å². The highest BCUT2D eigenvalue weighted by atomic mass is 32.1. The van der Waals surface area contributed by atoms with Gasteiger partial charge in [0.2, 0.25) is 0 Å². The Balaban J connectivity index is 2.32. The molecule has 1 fully saturated rings. The van der Waals surface area contributed by atoms with Gasteiger partial charge in [-0.15, -0.1) is 11.3 Å². The minimum Gasteiger partial charge on any atom is -0.411 e. The molecule has 8 heteroatoms. The molecule has 1 saturated heterocycles. The van der Waals surface area contributed by atoms with Gasteiger partial charge in [0.05, 0.1) is 29.1 Å².